The number of aryl methyl sites for hydroxylation is 2. The highest BCUT2D eigenvalue weighted by molar-refractivity contribution is 8.00. The number of carbonyl (C=O) groups is 1. The Labute approximate surface area is 173 Å². The molecule has 2 aromatic heterocycles. The summed E-state index contributed by atoms with van der Waals surface area (Å²) in [5.41, 5.74) is 4.74. The average Bonchev–Trinajstić information content (AvgIpc) is 3.12. The van der Waals surface area contributed by atoms with Crippen molar-refractivity contribution in [3.05, 3.63) is 41.0 Å². The summed E-state index contributed by atoms with van der Waals surface area (Å²) in [6.07, 6.45) is 1.55. The summed E-state index contributed by atoms with van der Waals surface area (Å²) in [6, 6.07) is 6.43. The number of fused-ring (bicyclic) bond motifs is 1. The molecular weight excluding hydrogens is 392 g/mol. The van der Waals surface area contributed by atoms with Crippen molar-refractivity contribution in [1.29, 1.82) is 0 Å². The summed E-state index contributed by atoms with van der Waals surface area (Å²) >= 11 is 3.00. The van der Waals surface area contributed by atoms with Gasteiger partial charge in [0.1, 0.15) is 28.0 Å². The van der Waals surface area contributed by atoms with Gasteiger partial charge in [0, 0.05) is 17.6 Å². The molecule has 1 aromatic carbocycles. The monoisotopic (exact) mass is 416 g/mol. The van der Waals surface area contributed by atoms with Gasteiger partial charge in [0.05, 0.1) is 12.0 Å². The van der Waals surface area contributed by atoms with E-state index in [2.05, 4.69) is 47.4 Å². The van der Waals surface area contributed by atoms with E-state index in [1.807, 2.05) is 13.8 Å². The average molecular weight is 417 g/mol. The molecule has 3 aromatic rings. The van der Waals surface area contributed by atoms with Crippen molar-refractivity contribution < 1.29 is 14.3 Å². The Bertz CT molecular complexity index is 971. The van der Waals surface area contributed by atoms with E-state index in [1.54, 1.807) is 17.7 Å². The largest absolute Gasteiger partial charge is 0.462 e. The minimum absolute atomic E-state index is 0.264. The third kappa shape index (κ3) is 4.71. The predicted molar refractivity (Wildman–Crippen MR) is 115 cm³/mol. The van der Waals surface area contributed by atoms with Crippen molar-refractivity contribution in [3.63, 3.8) is 0 Å². The van der Waals surface area contributed by atoms with Gasteiger partial charge >= 0.3 is 5.97 Å². The van der Waals surface area contributed by atoms with Gasteiger partial charge in [-0.05, 0) is 44.4 Å². The first-order valence-corrected chi connectivity index (χ1v) is 11.0. The van der Waals surface area contributed by atoms with Gasteiger partial charge in [-0.2, -0.15) is 0 Å². The standard InChI is InChI=1S/C21H24N2O3S2/c1-5-25-8-9-26-21(24)15(4)28-20-18-17(11-27-19(18)22-12-23-20)16-7-6-13(2)14(3)10-16/h6-7,10-12,15H,5,8-9H2,1-4H3/t15-/m0/s1. The number of aromatic nitrogens is 2. The molecule has 0 aliphatic heterocycles. The number of nitrogens with zero attached hydrogens (tertiary/aromatic N) is 2. The van der Waals surface area contributed by atoms with Crippen LogP contribution in [0.3, 0.4) is 0 Å². The smallest absolute Gasteiger partial charge is 0.319 e. The molecule has 0 radical (unpaired) electrons. The summed E-state index contributed by atoms with van der Waals surface area (Å²) in [6.45, 7) is 9.26. The Morgan fingerprint density at radius 3 is 2.79 bits per heavy atom. The van der Waals surface area contributed by atoms with E-state index < -0.39 is 0 Å². The van der Waals surface area contributed by atoms with Gasteiger partial charge in [-0.3, -0.25) is 4.79 Å². The van der Waals surface area contributed by atoms with Crippen LogP contribution in [-0.2, 0) is 14.3 Å². The lowest BCUT2D eigenvalue weighted by molar-refractivity contribution is -0.144. The van der Waals surface area contributed by atoms with Crippen LogP contribution in [0.1, 0.15) is 25.0 Å². The number of benzene rings is 1. The number of thiophene rings is 1. The van der Waals surface area contributed by atoms with Crippen LogP contribution in [0.2, 0.25) is 0 Å². The Hall–Kier alpha value is -1.96. The maximum Gasteiger partial charge on any atom is 0.319 e. The minimum Gasteiger partial charge on any atom is -0.462 e. The second-order valence-electron chi connectivity index (χ2n) is 6.43. The third-order valence-electron chi connectivity index (χ3n) is 4.45. The highest BCUT2D eigenvalue weighted by Gasteiger charge is 2.21. The van der Waals surface area contributed by atoms with Crippen molar-refractivity contribution in [1.82, 2.24) is 9.97 Å². The molecule has 28 heavy (non-hydrogen) atoms. The molecular formula is C21H24N2O3S2. The fraction of sp³-hybridized carbons (Fsp3) is 0.381. The van der Waals surface area contributed by atoms with Gasteiger partial charge in [-0.1, -0.05) is 30.0 Å². The van der Waals surface area contributed by atoms with Crippen LogP contribution in [0, 0.1) is 13.8 Å². The van der Waals surface area contributed by atoms with Crippen LogP contribution in [0.5, 0.6) is 0 Å². The van der Waals surface area contributed by atoms with Crippen molar-refractivity contribution in [2.45, 2.75) is 38.0 Å². The zero-order chi connectivity index (χ0) is 20.1. The summed E-state index contributed by atoms with van der Waals surface area (Å²) < 4.78 is 10.5. The van der Waals surface area contributed by atoms with Crippen LogP contribution in [-0.4, -0.2) is 41.0 Å². The predicted octanol–water partition coefficient (Wildman–Crippen LogP) is 5.04. The molecule has 7 heteroatoms. The van der Waals surface area contributed by atoms with Crippen LogP contribution in [0.15, 0.2) is 34.9 Å². The molecule has 0 unspecified atom stereocenters. The summed E-state index contributed by atoms with van der Waals surface area (Å²) in [7, 11) is 0. The lowest BCUT2D eigenvalue weighted by atomic mass is 10.0. The van der Waals surface area contributed by atoms with E-state index in [1.165, 1.54) is 22.9 Å². The van der Waals surface area contributed by atoms with Gasteiger partial charge in [-0.25, -0.2) is 9.97 Å². The first-order valence-electron chi connectivity index (χ1n) is 9.22. The maximum absolute atomic E-state index is 12.3. The Balaban J connectivity index is 1.84. The van der Waals surface area contributed by atoms with Gasteiger partial charge < -0.3 is 9.47 Å². The molecule has 0 spiro atoms. The summed E-state index contributed by atoms with van der Waals surface area (Å²) in [5, 5.41) is 3.54. The molecule has 0 saturated carbocycles. The first-order chi connectivity index (χ1) is 13.5. The highest BCUT2D eigenvalue weighted by Crippen LogP contribution is 2.39. The molecule has 148 valence electrons. The van der Waals surface area contributed by atoms with E-state index in [0.717, 1.165) is 26.4 Å². The Morgan fingerprint density at radius 1 is 1.21 bits per heavy atom. The maximum atomic E-state index is 12.3. The first kappa shape index (κ1) is 20.8. The summed E-state index contributed by atoms with van der Waals surface area (Å²) in [4.78, 5) is 22.1. The van der Waals surface area contributed by atoms with Gasteiger partial charge in [0.15, 0.2) is 0 Å². The number of carbonyl (C=O) groups excluding carboxylic acids is 1. The molecule has 5 nitrogen and oxygen atoms in total. The zero-order valence-corrected chi connectivity index (χ0v) is 18.2. The highest BCUT2D eigenvalue weighted by atomic mass is 32.2. The number of hydrogen-bond acceptors (Lipinski definition) is 7. The topological polar surface area (TPSA) is 61.3 Å². The molecule has 1 atom stereocenters. The number of rotatable bonds is 8. The lowest BCUT2D eigenvalue weighted by Gasteiger charge is -2.12. The number of thioether (sulfide) groups is 1. The Kier molecular flexibility index (Phi) is 7.04. The number of hydrogen-bond donors (Lipinski definition) is 0. The molecule has 0 aliphatic rings. The zero-order valence-electron chi connectivity index (χ0n) is 16.5. The molecule has 0 saturated heterocycles. The molecule has 3 rings (SSSR count). The second kappa shape index (κ2) is 9.49. The number of esters is 1. The quantitative estimate of drug-likeness (QED) is 0.222. The minimum atomic E-state index is -0.368. The van der Waals surface area contributed by atoms with Crippen LogP contribution in [0.4, 0.5) is 0 Å². The van der Waals surface area contributed by atoms with Crippen molar-refractivity contribution in [2.24, 2.45) is 0 Å². The molecule has 0 fully saturated rings. The molecule has 0 N–H and O–H groups in total. The van der Waals surface area contributed by atoms with Crippen molar-refractivity contribution >= 4 is 39.3 Å². The van der Waals surface area contributed by atoms with Crippen LogP contribution < -0.4 is 0 Å². The van der Waals surface area contributed by atoms with Crippen LogP contribution in [0.25, 0.3) is 21.3 Å². The van der Waals surface area contributed by atoms with E-state index in [0.29, 0.717) is 13.2 Å². The van der Waals surface area contributed by atoms with Crippen LogP contribution >= 0.6 is 23.1 Å². The summed E-state index contributed by atoms with van der Waals surface area (Å²) in [5.74, 6) is -0.264. The van der Waals surface area contributed by atoms with E-state index >= 15 is 0 Å². The molecule has 0 bridgehead atoms. The van der Waals surface area contributed by atoms with Gasteiger partial charge in [-0.15, -0.1) is 11.3 Å². The van der Waals surface area contributed by atoms with Gasteiger partial charge in [0.2, 0.25) is 0 Å². The normalized spacial score (nSPS) is 12.3. The molecule has 0 amide bonds. The SMILES string of the molecule is CCOCCOC(=O)[C@H](C)Sc1ncnc2scc(-c3ccc(C)c(C)c3)c12. The third-order valence-corrected chi connectivity index (χ3v) is 6.41. The fourth-order valence-corrected chi connectivity index (χ4v) is 4.65. The fourth-order valence-electron chi connectivity index (χ4n) is 2.74. The second-order valence-corrected chi connectivity index (χ2v) is 8.62. The van der Waals surface area contributed by atoms with Gasteiger partial charge in [0.25, 0.3) is 0 Å². The van der Waals surface area contributed by atoms with E-state index in [-0.39, 0.29) is 17.8 Å². The van der Waals surface area contributed by atoms with E-state index in [4.69, 9.17) is 9.47 Å². The Morgan fingerprint density at radius 2 is 2.04 bits per heavy atom. The number of ether oxygens (including phenoxy) is 2. The van der Waals surface area contributed by atoms with Crippen molar-refractivity contribution in [3.8, 4) is 11.1 Å². The van der Waals surface area contributed by atoms with E-state index in [9.17, 15) is 4.79 Å². The van der Waals surface area contributed by atoms with Crippen molar-refractivity contribution in [2.75, 3.05) is 19.8 Å². The lowest BCUT2D eigenvalue weighted by Crippen LogP contribution is -2.19. The molecule has 0 aliphatic carbocycles. The molecule has 2 heterocycles.